The third-order valence-corrected chi connectivity index (χ3v) is 0.125. The normalized spacial score (nSPS) is 5.82. The Labute approximate surface area is 80.8 Å². The predicted octanol–water partition coefficient (Wildman–Crippen LogP) is 1.89. The van der Waals surface area contributed by atoms with E-state index in [1.54, 1.807) is 0 Å². The van der Waals surface area contributed by atoms with Crippen molar-refractivity contribution in [3.63, 3.8) is 0 Å². The zero-order valence-electron chi connectivity index (χ0n) is 5.25. The number of nitrogens with zero attached hydrogens (tertiary/aromatic N) is 1. The summed E-state index contributed by atoms with van der Waals surface area (Å²) in [7, 11) is 9.75. The van der Waals surface area contributed by atoms with Crippen molar-refractivity contribution in [1.82, 2.24) is 0 Å². The standard InChI is InChI=1S/C2H6N2.2ClH.HNO2.H2O.Pt/c3-1-2-4;;;2-1-3;;/h3-4H,1-2H2;2*1H;(H,2,3);1H2;/q-2;;;;;+4/p-3. The largest absolute Gasteiger partial charge is 0.679 e. The van der Waals surface area contributed by atoms with Crippen molar-refractivity contribution in [1.29, 1.82) is 0 Å². The van der Waals surface area contributed by atoms with E-state index in [4.69, 9.17) is 40.4 Å². The van der Waals surface area contributed by atoms with Crippen LogP contribution in [0.1, 0.15) is 0 Å². The van der Waals surface area contributed by atoms with Crippen molar-refractivity contribution in [2.45, 2.75) is 0 Å². The molecule has 6 nitrogen and oxygen atoms in total. The molecule has 0 fully saturated rings. The van der Waals surface area contributed by atoms with Crippen molar-refractivity contribution in [2.75, 3.05) is 13.1 Å². The minimum atomic E-state index is -0.472. The van der Waals surface area contributed by atoms with Crippen LogP contribution < -0.4 is 0 Å². The number of rotatable bonds is 1. The number of nitrogens with one attached hydrogen (secondary N) is 2. The molecule has 0 aromatic heterocycles. The van der Waals surface area contributed by atoms with E-state index in [0.29, 0.717) is 0 Å². The van der Waals surface area contributed by atoms with Gasteiger partial charge in [0.05, 0.1) is 0 Å². The van der Waals surface area contributed by atoms with Gasteiger partial charge in [-0.25, -0.2) is 0 Å². The Hall–Kier alpha value is 0.548. The maximum Gasteiger partial charge on any atom is -0.171 e. The van der Waals surface area contributed by atoms with E-state index in [2.05, 4.69) is 0 Å². The molecule has 9 heteroatoms. The van der Waals surface area contributed by atoms with Gasteiger partial charge in [0.15, 0.2) is 0 Å². The van der Waals surface area contributed by atoms with Crippen molar-refractivity contribution in [2.24, 2.45) is 5.34 Å². The van der Waals surface area contributed by atoms with Gasteiger partial charge in [0, 0.05) is 0 Å². The summed E-state index contributed by atoms with van der Waals surface area (Å²) < 4.78 is 0. The predicted molar refractivity (Wildman–Crippen MR) is 42.9 cm³/mol. The van der Waals surface area contributed by atoms with Gasteiger partial charge in [-0.05, 0) is 0 Å². The Kier molecular flexibility index (Phi) is 95.3. The molecule has 0 aromatic rings. The van der Waals surface area contributed by atoms with Crippen LogP contribution in [0.3, 0.4) is 0 Å². The van der Waals surface area contributed by atoms with Crippen LogP contribution in [0.4, 0.5) is 0 Å². The maximum absolute atomic E-state index is 8.00. The summed E-state index contributed by atoms with van der Waals surface area (Å²) in [5.74, 6) is 0. The van der Waals surface area contributed by atoms with Crippen LogP contribution in [0.5, 0.6) is 0 Å². The Bertz CT molecular complexity index is 51.6. The second-order valence-electron chi connectivity index (χ2n) is 0.620. The molecule has 11 heavy (non-hydrogen) atoms. The fourth-order valence-corrected chi connectivity index (χ4v) is 0. The summed E-state index contributed by atoms with van der Waals surface area (Å²) in [6.07, 6.45) is 0. The van der Waals surface area contributed by atoms with Crippen molar-refractivity contribution in [3.8, 4) is 0 Å². The molecular weight excluding hydrogens is 380 g/mol. The fraction of sp³-hybridized carbons (Fsp3) is 1.00. The zero-order valence-corrected chi connectivity index (χ0v) is 9.03. The number of halogens is 2. The molecule has 0 atom stereocenters. The molecule has 0 amide bonds. The average Bonchev–Trinajstić information content (AvgIpc) is 1.91. The molecule has 0 aromatic carbocycles. The molecule has 4 N–H and O–H groups in total. The quantitative estimate of drug-likeness (QED) is 0.502. The molecule has 0 spiro atoms. The Morgan fingerprint density at radius 3 is 1.45 bits per heavy atom. The minimum absolute atomic E-state index is 0. The van der Waals surface area contributed by atoms with Crippen molar-refractivity contribution >= 4 is 18.8 Å². The molecule has 0 saturated carbocycles. The molecule has 0 aliphatic carbocycles. The monoisotopic (exact) mass is 387 g/mol. The first kappa shape index (κ1) is 22.6. The molecule has 0 rings (SSSR count). The molecule has 74 valence electrons. The van der Waals surface area contributed by atoms with Gasteiger partial charge in [-0.1, -0.05) is 0 Å². The average molecular weight is 388 g/mol. The van der Waals surface area contributed by atoms with E-state index >= 15 is 0 Å². The van der Waals surface area contributed by atoms with Gasteiger partial charge in [-0.15, -0.1) is 5.34 Å². The van der Waals surface area contributed by atoms with E-state index < -0.39 is 16.5 Å². The summed E-state index contributed by atoms with van der Waals surface area (Å²) in [5.41, 5.74) is 12.5. The third kappa shape index (κ3) is 322. The van der Waals surface area contributed by atoms with Gasteiger partial charge in [0.25, 0.3) is 0 Å². The fourth-order valence-electron chi connectivity index (χ4n) is 0. The van der Waals surface area contributed by atoms with Gasteiger partial charge in [-0.2, -0.15) is 13.1 Å². The van der Waals surface area contributed by atoms with E-state index in [1.807, 2.05) is 0 Å². The second-order valence-corrected chi connectivity index (χ2v) is 3.90. The first-order valence-corrected chi connectivity index (χ1v) is 7.44. The SMILES string of the molecule is O.O=N[O-].[Cl][Pt+2][Cl].[NH-]CC[NH-]. The smallest absolute Gasteiger partial charge is 0.171 e. The molecule has 0 aliphatic heterocycles. The summed E-state index contributed by atoms with van der Waals surface area (Å²) in [4.78, 5) is 8.00. The van der Waals surface area contributed by atoms with Gasteiger partial charge < -0.3 is 27.1 Å². The zero-order chi connectivity index (χ0) is 8.83. The third-order valence-electron chi connectivity index (χ3n) is 0.125. The van der Waals surface area contributed by atoms with Gasteiger partial charge in [0.1, 0.15) is 0 Å². The molecule has 0 bridgehead atoms. The van der Waals surface area contributed by atoms with Crippen LogP contribution in [0, 0.1) is 10.1 Å². The molecular formula is C2H8Cl2N3O3Pt-. The molecule has 0 saturated heterocycles. The van der Waals surface area contributed by atoms with E-state index in [0.717, 1.165) is 5.34 Å². The summed E-state index contributed by atoms with van der Waals surface area (Å²) in [5, 5.41) is 9.00. The second kappa shape index (κ2) is 46.5. The van der Waals surface area contributed by atoms with Crippen LogP contribution in [0.25, 0.3) is 11.5 Å². The van der Waals surface area contributed by atoms with E-state index in [1.165, 1.54) is 0 Å². The van der Waals surface area contributed by atoms with Crippen LogP contribution in [0.2, 0.25) is 0 Å². The topological polar surface area (TPSA) is 132 Å². The van der Waals surface area contributed by atoms with E-state index in [9.17, 15) is 0 Å². The molecule has 0 heterocycles. The van der Waals surface area contributed by atoms with Gasteiger partial charge in [0.2, 0.25) is 0 Å². The van der Waals surface area contributed by atoms with Crippen molar-refractivity contribution < 1.29 is 22.0 Å². The minimum Gasteiger partial charge on any atom is -0.679 e. The molecule has 0 unspecified atom stereocenters. The number of hydrogen-bond acceptors (Lipinski definition) is 3. The Morgan fingerprint density at radius 1 is 1.36 bits per heavy atom. The van der Waals surface area contributed by atoms with Crippen LogP contribution >= 0.6 is 18.8 Å². The van der Waals surface area contributed by atoms with Crippen LogP contribution in [-0.2, 0) is 16.5 Å². The van der Waals surface area contributed by atoms with Crippen LogP contribution in [-0.4, -0.2) is 18.6 Å². The van der Waals surface area contributed by atoms with Crippen molar-refractivity contribution in [3.05, 3.63) is 21.6 Å². The Balaban J connectivity index is -0.0000000325. The summed E-state index contributed by atoms with van der Waals surface area (Å²) in [6, 6.07) is 0. The first-order valence-electron chi connectivity index (χ1n) is 1.81. The molecule has 0 radical (unpaired) electrons. The summed E-state index contributed by atoms with van der Waals surface area (Å²) in [6.45, 7) is 0.472. The van der Waals surface area contributed by atoms with Crippen LogP contribution in [0.15, 0.2) is 5.34 Å². The maximum atomic E-state index is 8.00. The Morgan fingerprint density at radius 2 is 1.45 bits per heavy atom. The van der Waals surface area contributed by atoms with E-state index in [-0.39, 0.29) is 18.6 Å². The van der Waals surface area contributed by atoms with Gasteiger partial charge >= 0.3 is 35.3 Å². The first-order chi connectivity index (χ1) is 4.74. The van der Waals surface area contributed by atoms with Gasteiger partial charge in [-0.3, -0.25) is 0 Å². The number of hydrogen-bond donors (Lipinski definition) is 0. The summed E-state index contributed by atoms with van der Waals surface area (Å²) >= 11 is -0.472. The molecule has 0 aliphatic rings.